The average molecular weight is 366 g/mol. The lowest BCUT2D eigenvalue weighted by molar-refractivity contribution is -0.128. The molecule has 0 unspecified atom stereocenters. The molecule has 1 saturated carbocycles. The minimum absolute atomic E-state index is 0.0295. The van der Waals surface area contributed by atoms with Crippen LogP contribution in [0.25, 0.3) is 0 Å². The predicted octanol–water partition coefficient (Wildman–Crippen LogP) is 3.62. The molecule has 5 nitrogen and oxygen atoms in total. The van der Waals surface area contributed by atoms with Gasteiger partial charge in [0.25, 0.3) is 5.91 Å². The molecule has 1 aromatic carbocycles. The average Bonchev–Trinajstić information content (AvgIpc) is 3.35. The zero-order valence-electron chi connectivity index (χ0n) is 15.5. The molecule has 5 heteroatoms. The van der Waals surface area contributed by atoms with Crippen LogP contribution < -0.4 is 5.32 Å². The Labute approximate surface area is 159 Å². The van der Waals surface area contributed by atoms with Gasteiger partial charge in [-0.3, -0.25) is 9.59 Å². The van der Waals surface area contributed by atoms with Crippen LogP contribution in [0.5, 0.6) is 0 Å². The summed E-state index contributed by atoms with van der Waals surface area (Å²) in [5, 5.41) is 3.03. The van der Waals surface area contributed by atoms with Crippen LogP contribution in [0.1, 0.15) is 48.2 Å². The third-order valence-corrected chi connectivity index (χ3v) is 6.14. The number of carbonyl (C=O) groups is 2. The number of carbonyl (C=O) groups excluding carboxylic acids is 2. The van der Waals surface area contributed by atoms with Crippen molar-refractivity contribution in [2.75, 3.05) is 13.1 Å². The van der Waals surface area contributed by atoms with Crippen LogP contribution in [0.3, 0.4) is 0 Å². The fourth-order valence-corrected chi connectivity index (χ4v) is 4.72. The van der Waals surface area contributed by atoms with Crippen LogP contribution >= 0.6 is 0 Å². The van der Waals surface area contributed by atoms with E-state index in [9.17, 15) is 9.59 Å². The van der Waals surface area contributed by atoms with Crippen molar-refractivity contribution >= 4 is 11.8 Å². The Bertz CT molecular complexity index is 779. The number of hydrogen-bond acceptors (Lipinski definition) is 3. The monoisotopic (exact) mass is 366 g/mol. The topological polar surface area (TPSA) is 62.6 Å². The first-order chi connectivity index (χ1) is 13.2. The number of nitrogens with zero attached hydrogens (tertiary/aromatic N) is 1. The lowest BCUT2D eigenvalue weighted by Crippen LogP contribution is -2.42. The van der Waals surface area contributed by atoms with Crippen molar-refractivity contribution in [3.05, 3.63) is 60.1 Å². The highest BCUT2D eigenvalue weighted by molar-refractivity contribution is 5.95. The van der Waals surface area contributed by atoms with E-state index in [1.807, 2.05) is 47.4 Å². The zero-order chi connectivity index (χ0) is 18.7. The van der Waals surface area contributed by atoms with Crippen LogP contribution in [0.15, 0.2) is 53.1 Å². The van der Waals surface area contributed by atoms with Gasteiger partial charge in [0.2, 0.25) is 5.91 Å². The molecular weight excluding hydrogens is 340 g/mol. The Morgan fingerprint density at radius 1 is 1.07 bits per heavy atom. The summed E-state index contributed by atoms with van der Waals surface area (Å²) in [6, 6.07) is 13.0. The summed E-state index contributed by atoms with van der Waals surface area (Å²) < 4.78 is 5.32. The maximum atomic E-state index is 13.0. The molecule has 1 saturated heterocycles. The summed E-state index contributed by atoms with van der Waals surface area (Å²) in [6.45, 7) is 1.57. The molecule has 1 aliphatic heterocycles. The quantitative estimate of drug-likeness (QED) is 0.899. The third kappa shape index (κ3) is 3.64. The first-order valence-electron chi connectivity index (χ1n) is 9.82. The number of rotatable bonds is 4. The van der Waals surface area contributed by atoms with Gasteiger partial charge in [-0.1, -0.05) is 37.5 Å². The van der Waals surface area contributed by atoms with Crippen molar-refractivity contribution in [1.29, 1.82) is 0 Å². The summed E-state index contributed by atoms with van der Waals surface area (Å²) in [5.74, 6) is 0.662. The summed E-state index contributed by atoms with van der Waals surface area (Å²) in [7, 11) is 0. The van der Waals surface area contributed by atoms with Gasteiger partial charge >= 0.3 is 0 Å². The molecule has 1 atom stereocenters. The van der Waals surface area contributed by atoms with E-state index in [2.05, 4.69) is 5.32 Å². The SMILES string of the molecule is O=C(NCc1ccco1)[C@H]1CN(C(=O)c2ccccc2)CC12CCCCC2. The molecule has 2 aromatic rings. The highest BCUT2D eigenvalue weighted by Gasteiger charge is 2.51. The van der Waals surface area contributed by atoms with E-state index in [0.29, 0.717) is 25.2 Å². The fraction of sp³-hybridized carbons (Fsp3) is 0.455. The summed E-state index contributed by atoms with van der Waals surface area (Å²) in [6.07, 6.45) is 7.13. The summed E-state index contributed by atoms with van der Waals surface area (Å²) in [5.41, 5.74) is 0.607. The first-order valence-corrected chi connectivity index (χ1v) is 9.82. The molecule has 27 heavy (non-hydrogen) atoms. The molecule has 1 N–H and O–H groups in total. The van der Waals surface area contributed by atoms with Gasteiger partial charge in [0.05, 0.1) is 18.7 Å². The Morgan fingerprint density at radius 3 is 2.56 bits per heavy atom. The zero-order valence-corrected chi connectivity index (χ0v) is 15.5. The maximum absolute atomic E-state index is 13.0. The second-order valence-corrected chi connectivity index (χ2v) is 7.82. The Hall–Kier alpha value is -2.56. The Morgan fingerprint density at radius 2 is 1.85 bits per heavy atom. The Balaban J connectivity index is 1.51. The molecule has 0 radical (unpaired) electrons. The number of benzene rings is 1. The second kappa shape index (κ2) is 7.59. The molecule has 4 rings (SSSR count). The van der Waals surface area contributed by atoms with Crippen LogP contribution in [-0.4, -0.2) is 29.8 Å². The van der Waals surface area contributed by atoms with E-state index in [0.717, 1.165) is 31.4 Å². The number of hydrogen-bond donors (Lipinski definition) is 1. The van der Waals surface area contributed by atoms with Gasteiger partial charge in [0.15, 0.2) is 0 Å². The van der Waals surface area contributed by atoms with Crippen molar-refractivity contribution in [3.8, 4) is 0 Å². The van der Waals surface area contributed by atoms with Gasteiger partial charge in [-0.05, 0) is 37.1 Å². The molecule has 1 spiro atoms. The second-order valence-electron chi connectivity index (χ2n) is 7.82. The summed E-state index contributed by atoms with van der Waals surface area (Å²) >= 11 is 0. The molecule has 1 aliphatic carbocycles. The molecular formula is C22H26N2O3. The molecule has 142 valence electrons. The smallest absolute Gasteiger partial charge is 0.253 e. The van der Waals surface area contributed by atoms with Gasteiger partial charge in [-0.25, -0.2) is 0 Å². The number of amides is 2. The minimum atomic E-state index is -0.152. The molecule has 0 bridgehead atoms. The van der Waals surface area contributed by atoms with Crippen molar-refractivity contribution in [3.63, 3.8) is 0 Å². The number of nitrogens with one attached hydrogen (secondary N) is 1. The normalized spacial score (nSPS) is 21.3. The van der Waals surface area contributed by atoms with Crippen LogP contribution in [0.2, 0.25) is 0 Å². The van der Waals surface area contributed by atoms with Crippen molar-refractivity contribution in [1.82, 2.24) is 10.2 Å². The standard InChI is InChI=1S/C22H26N2O3/c25-20(23-14-18-10-7-13-27-18)19-15-24(16-22(19)11-5-2-6-12-22)21(26)17-8-3-1-4-9-17/h1,3-4,7-10,13,19H,2,5-6,11-12,14-16H2,(H,23,25)/t19-/m1/s1. The van der Waals surface area contributed by atoms with Crippen LogP contribution in [0, 0.1) is 11.3 Å². The van der Waals surface area contributed by atoms with E-state index >= 15 is 0 Å². The molecule has 2 aliphatic rings. The van der Waals surface area contributed by atoms with E-state index in [4.69, 9.17) is 4.42 Å². The number of likely N-dealkylation sites (tertiary alicyclic amines) is 1. The molecule has 2 heterocycles. The van der Waals surface area contributed by atoms with E-state index in [-0.39, 0.29) is 23.1 Å². The van der Waals surface area contributed by atoms with Crippen molar-refractivity contribution in [2.45, 2.75) is 38.6 Å². The van der Waals surface area contributed by atoms with Gasteiger partial charge in [-0.2, -0.15) is 0 Å². The van der Waals surface area contributed by atoms with E-state index < -0.39 is 0 Å². The van der Waals surface area contributed by atoms with Crippen molar-refractivity contribution in [2.24, 2.45) is 11.3 Å². The highest BCUT2D eigenvalue weighted by atomic mass is 16.3. The van der Waals surface area contributed by atoms with E-state index in [1.54, 1.807) is 6.26 Å². The van der Waals surface area contributed by atoms with Crippen LogP contribution in [0.4, 0.5) is 0 Å². The fourth-order valence-electron chi connectivity index (χ4n) is 4.72. The number of furan rings is 1. The van der Waals surface area contributed by atoms with Gasteiger partial charge in [0, 0.05) is 24.1 Å². The van der Waals surface area contributed by atoms with E-state index in [1.165, 1.54) is 6.42 Å². The lowest BCUT2D eigenvalue weighted by atomic mass is 9.67. The maximum Gasteiger partial charge on any atom is 0.253 e. The van der Waals surface area contributed by atoms with Crippen LogP contribution in [-0.2, 0) is 11.3 Å². The largest absolute Gasteiger partial charge is 0.467 e. The third-order valence-electron chi connectivity index (χ3n) is 6.14. The Kier molecular flexibility index (Phi) is 5.01. The molecule has 1 aromatic heterocycles. The molecule has 2 amide bonds. The summed E-state index contributed by atoms with van der Waals surface area (Å²) in [4.78, 5) is 27.9. The van der Waals surface area contributed by atoms with Crippen molar-refractivity contribution < 1.29 is 14.0 Å². The minimum Gasteiger partial charge on any atom is -0.467 e. The van der Waals surface area contributed by atoms with Gasteiger partial charge in [0.1, 0.15) is 5.76 Å². The highest BCUT2D eigenvalue weighted by Crippen LogP contribution is 2.48. The predicted molar refractivity (Wildman–Crippen MR) is 102 cm³/mol. The lowest BCUT2D eigenvalue weighted by Gasteiger charge is -2.37. The molecule has 2 fully saturated rings. The van der Waals surface area contributed by atoms with Gasteiger partial charge in [-0.15, -0.1) is 0 Å². The van der Waals surface area contributed by atoms with Gasteiger partial charge < -0.3 is 14.6 Å². The first kappa shape index (κ1) is 17.8.